The number of hydrogen-bond donors (Lipinski definition) is 0. The quantitative estimate of drug-likeness (QED) is 0.188. The highest BCUT2D eigenvalue weighted by molar-refractivity contribution is 6.10. The maximum absolute atomic E-state index is 5.23. The molecule has 6 aromatic carbocycles. The van der Waals surface area contributed by atoms with Crippen LogP contribution in [0.4, 0.5) is 11.6 Å². The summed E-state index contributed by atoms with van der Waals surface area (Å²) in [5.74, 6) is 0.888. The Hall–Kier alpha value is -6.52. The van der Waals surface area contributed by atoms with Gasteiger partial charge in [-0.1, -0.05) is 140 Å². The zero-order valence-electron chi connectivity index (χ0n) is 27.3. The highest BCUT2D eigenvalue weighted by Gasteiger charge is 2.39. The topological polar surface area (TPSA) is 34.0 Å². The maximum atomic E-state index is 5.23. The van der Waals surface area contributed by atoms with E-state index in [0.29, 0.717) is 5.95 Å². The van der Waals surface area contributed by atoms with E-state index in [4.69, 9.17) is 9.97 Å². The molecule has 0 spiro atoms. The summed E-state index contributed by atoms with van der Waals surface area (Å²) in [5, 5.41) is 2.52. The highest BCUT2D eigenvalue weighted by Crippen LogP contribution is 2.49. The first-order chi connectivity index (χ1) is 24.8. The van der Waals surface area contributed by atoms with Gasteiger partial charge < -0.3 is 9.47 Å². The first-order valence-electron chi connectivity index (χ1n) is 17.2. The molecule has 0 N–H and O–H groups in total. The number of aromatic nitrogens is 3. The van der Waals surface area contributed by atoms with Gasteiger partial charge in [-0.15, -0.1) is 0 Å². The number of rotatable bonds is 5. The Balaban J connectivity index is 1.13. The minimum absolute atomic E-state index is 0.0722. The van der Waals surface area contributed by atoms with Crippen molar-refractivity contribution in [2.45, 2.75) is 12.0 Å². The summed E-state index contributed by atoms with van der Waals surface area (Å²) in [6, 6.07) is 56.1. The molecule has 0 saturated heterocycles. The van der Waals surface area contributed by atoms with Crippen molar-refractivity contribution in [1.82, 2.24) is 14.5 Å². The molecule has 1 aliphatic carbocycles. The summed E-state index contributed by atoms with van der Waals surface area (Å²) < 4.78 is 2.38. The number of allylic oxidation sites excluding steroid dienone is 2. The molecule has 4 heteroatoms. The van der Waals surface area contributed by atoms with Gasteiger partial charge in [0, 0.05) is 39.2 Å². The summed E-state index contributed by atoms with van der Waals surface area (Å²) in [5.41, 5.74) is 12.4. The van der Waals surface area contributed by atoms with Crippen LogP contribution >= 0.6 is 0 Å². The fourth-order valence-corrected chi connectivity index (χ4v) is 7.81. The average molecular weight is 641 g/mol. The summed E-state index contributed by atoms with van der Waals surface area (Å²) in [7, 11) is 0. The SMILES string of the molecule is C1=CC2c3cc(-c4ccc5c6ccccc6n(-c6ccccc6)c5c4)ccc3N(c3nc(-c4ccccc4)cc(-c4ccccc4)n3)C2C=C1. The molecule has 2 aliphatic rings. The van der Waals surface area contributed by atoms with Gasteiger partial charge in [0.2, 0.25) is 5.95 Å². The van der Waals surface area contributed by atoms with Crippen LogP contribution in [0, 0.1) is 0 Å². The van der Waals surface area contributed by atoms with Crippen LogP contribution < -0.4 is 4.90 Å². The van der Waals surface area contributed by atoms with Gasteiger partial charge in [-0.2, -0.15) is 0 Å². The summed E-state index contributed by atoms with van der Waals surface area (Å²) in [6.07, 6.45) is 8.93. The lowest BCUT2D eigenvalue weighted by molar-refractivity contribution is 0.730. The van der Waals surface area contributed by atoms with E-state index in [1.165, 1.54) is 38.5 Å². The van der Waals surface area contributed by atoms with Gasteiger partial charge in [-0.3, -0.25) is 0 Å². The molecule has 50 heavy (non-hydrogen) atoms. The summed E-state index contributed by atoms with van der Waals surface area (Å²) in [4.78, 5) is 12.8. The number of hydrogen-bond acceptors (Lipinski definition) is 3. The smallest absolute Gasteiger partial charge is 0.231 e. The molecule has 0 fully saturated rings. The monoisotopic (exact) mass is 640 g/mol. The lowest BCUT2D eigenvalue weighted by atomic mass is 9.89. The molecule has 236 valence electrons. The van der Waals surface area contributed by atoms with Crippen molar-refractivity contribution in [2.75, 3.05) is 4.90 Å². The number of anilines is 2. The third-order valence-electron chi connectivity index (χ3n) is 10.1. The van der Waals surface area contributed by atoms with Gasteiger partial charge in [0.25, 0.3) is 0 Å². The van der Waals surface area contributed by atoms with E-state index in [1.54, 1.807) is 0 Å². The van der Waals surface area contributed by atoms with Crippen molar-refractivity contribution in [1.29, 1.82) is 0 Å². The van der Waals surface area contributed by atoms with Crippen LogP contribution in [0.15, 0.2) is 182 Å². The Labute approximate surface area is 290 Å². The second-order valence-corrected chi connectivity index (χ2v) is 13.0. The Kier molecular flexibility index (Phi) is 6.59. The molecule has 0 amide bonds. The molecule has 1 aliphatic heterocycles. The van der Waals surface area contributed by atoms with E-state index in [-0.39, 0.29) is 12.0 Å². The normalized spacial score (nSPS) is 16.2. The molecule has 2 aromatic heterocycles. The van der Waals surface area contributed by atoms with Crippen molar-refractivity contribution in [3.63, 3.8) is 0 Å². The van der Waals surface area contributed by atoms with Crippen LogP contribution in [-0.2, 0) is 0 Å². The van der Waals surface area contributed by atoms with Crippen LogP contribution in [0.3, 0.4) is 0 Å². The Bertz CT molecular complexity index is 2540. The van der Waals surface area contributed by atoms with E-state index in [2.05, 4.69) is 179 Å². The highest BCUT2D eigenvalue weighted by atomic mass is 15.3. The molecule has 0 saturated carbocycles. The van der Waals surface area contributed by atoms with Crippen LogP contribution in [0.2, 0.25) is 0 Å². The fraction of sp³-hybridized carbons (Fsp3) is 0.0435. The van der Waals surface area contributed by atoms with Gasteiger partial charge in [-0.05, 0) is 59.2 Å². The predicted octanol–water partition coefficient (Wildman–Crippen LogP) is 11.3. The van der Waals surface area contributed by atoms with Gasteiger partial charge in [0.1, 0.15) is 0 Å². The van der Waals surface area contributed by atoms with E-state index in [9.17, 15) is 0 Å². The molecule has 8 aromatic rings. The molecule has 10 rings (SSSR count). The first-order valence-corrected chi connectivity index (χ1v) is 17.2. The molecule has 0 radical (unpaired) electrons. The van der Waals surface area contributed by atoms with Crippen molar-refractivity contribution in [2.24, 2.45) is 0 Å². The van der Waals surface area contributed by atoms with Gasteiger partial charge in [0.15, 0.2) is 0 Å². The molecular formula is C46H32N4. The van der Waals surface area contributed by atoms with E-state index in [0.717, 1.165) is 33.9 Å². The molecule has 3 heterocycles. The standard InChI is InChI=1S/C46H32N4/c1-4-14-31(15-5-1)40-30-41(32-16-6-2-7-17-32)48-46(47-40)50-43-23-13-11-21-37(43)39-28-33(25-27-44(39)50)34-24-26-38-36-20-10-12-22-42(36)49(45(38)29-34)35-18-8-3-9-19-35/h1-30,37,43H. The predicted molar refractivity (Wildman–Crippen MR) is 206 cm³/mol. The second kappa shape index (κ2) is 11.6. The number of fused-ring (bicyclic) bond motifs is 6. The molecule has 0 bridgehead atoms. The Morgan fingerprint density at radius 1 is 0.460 bits per heavy atom. The lowest BCUT2D eigenvalue weighted by Gasteiger charge is -2.27. The van der Waals surface area contributed by atoms with Crippen molar-refractivity contribution >= 4 is 33.4 Å². The third-order valence-corrected chi connectivity index (χ3v) is 10.1. The first kappa shape index (κ1) is 28.5. The van der Waals surface area contributed by atoms with Crippen LogP contribution in [0.25, 0.3) is 61.1 Å². The van der Waals surface area contributed by atoms with Crippen LogP contribution in [-0.4, -0.2) is 20.6 Å². The van der Waals surface area contributed by atoms with Gasteiger partial charge >= 0.3 is 0 Å². The van der Waals surface area contributed by atoms with Crippen molar-refractivity contribution < 1.29 is 0 Å². The molecule has 2 unspecified atom stereocenters. The van der Waals surface area contributed by atoms with Crippen molar-refractivity contribution in [3.05, 3.63) is 188 Å². The summed E-state index contributed by atoms with van der Waals surface area (Å²) in [6.45, 7) is 0. The minimum Gasteiger partial charge on any atom is -0.309 e. The zero-order chi connectivity index (χ0) is 33.0. The number of nitrogens with zero attached hydrogens (tertiary/aromatic N) is 4. The van der Waals surface area contributed by atoms with E-state index < -0.39 is 0 Å². The van der Waals surface area contributed by atoms with Crippen LogP contribution in [0.5, 0.6) is 0 Å². The van der Waals surface area contributed by atoms with Gasteiger partial charge in [-0.25, -0.2) is 9.97 Å². The van der Waals surface area contributed by atoms with E-state index >= 15 is 0 Å². The molecular weight excluding hydrogens is 609 g/mol. The number of benzene rings is 6. The molecule has 2 atom stereocenters. The zero-order valence-corrected chi connectivity index (χ0v) is 27.3. The second-order valence-electron chi connectivity index (χ2n) is 13.0. The van der Waals surface area contributed by atoms with Gasteiger partial charge in [0.05, 0.1) is 28.5 Å². The fourth-order valence-electron chi connectivity index (χ4n) is 7.81. The Morgan fingerprint density at radius 3 is 1.80 bits per heavy atom. The van der Waals surface area contributed by atoms with Crippen LogP contribution in [0.1, 0.15) is 11.5 Å². The molecule has 4 nitrogen and oxygen atoms in total. The lowest BCUT2D eigenvalue weighted by Crippen LogP contribution is -2.30. The average Bonchev–Trinajstić information content (AvgIpc) is 3.71. The minimum atomic E-state index is 0.0722. The number of para-hydroxylation sites is 2. The largest absolute Gasteiger partial charge is 0.309 e. The Morgan fingerprint density at radius 2 is 1.06 bits per heavy atom. The van der Waals surface area contributed by atoms with E-state index in [1.807, 2.05) is 12.1 Å². The third kappa shape index (κ3) is 4.61. The summed E-state index contributed by atoms with van der Waals surface area (Å²) >= 11 is 0. The maximum Gasteiger partial charge on any atom is 0.231 e. The van der Waals surface area contributed by atoms with Crippen molar-refractivity contribution in [3.8, 4) is 39.3 Å².